The summed E-state index contributed by atoms with van der Waals surface area (Å²) in [5.74, 6) is -1.06. The largest absolute Gasteiger partial charge is 0.478 e. The van der Waals surface area contributed by atoms with Gasteiger partial charge in [0.05, 0.1) is 5.56 Å². The first-order chi connectivity index (χ1) is 11.6. The predicted octanol–water partition coefficient (Wildman–Crippen LogP) is 3.20. The molecule has 0 saturated carbocycles. The zero-order valence-electron chi connectivity index (χ0n) is 12.5. The molecular formula is C17H13N3O4. The number of hydrogen-bond acceptors (Lipinski definition) is 4. The number of hydrogen-bond donors (Lipinski definition) is 1. The van der Waals surface area contributed by atoms with E-state index in [0.29, 0.717) is 12.1 Å². The summed E-state index contributed by atoms with van der Waals surface area (Å²) in [5, 5.41) is 20.2. The summed E-state index contributed by atoms with van der Waals surface area (Å²) in [5.41, 5.74) is 2.49. The van der Waals surface area contributed by atoms with Crippen LogP contribution in [-0.4, -0.2) is 25.6 Å². The highest BCUT2D eigenvalue weighted by atomic mass is 16.6. The van der Waals surface area contributed by atoms with Crippen molar-refractivity contribution in [2.45, 2.75) is 6.54 Å². The maximum Gasteiger partial charge on any atom is 0.342 e. The Morgan fingerprint density at radius 3 is 2.54 bits per heavy atom. The quantitative estimate of drug-likeness (QED) is 0.574. The monoisotopic (exact) mass is 323 g/mol. The van der Waals surface area contributed by atoms with Crippen LogP contribution in [0.2, 0.25) is 0 Å². The number of nitrogens with zero attached hydrogens (tertiary/aromatic N) is 3. The molecular weight excluding hydrogens is 310 g/mol. The molecule has 7 heteroatoms. The molecule has 0 atom stereocenters. The number of rotatable bonds is 5. The Kier molecular flexibility index (Phi) is 4.07. The predicted molar refractivity (Wildman–Crippen MR) is 86.8 cm³/mol. The molecule has 0 aliphatic heterocycles. The second-order valence-corrected chi connectivity index (χ2v) is 5.18. The number of imidazole rings is 1. The van der Waals surface area contributed by atoms with Gasteiger partial charge >= 0.3 is 11.8 Å². The Labute approximate surface area is 137 Å². The highest BCUT2D eigenvalue weighted by Gasteiger charge is 2.14. The van der Waals surface area contributed by atoms with E-state index in [0.717, 1.165) is 11.1 Å². The van der Waals surface area contributed by atoms with Gasteiger partial charge in [-0.2, -0.15) is 0 Å². The zero-order chi connectivity index (χ0) is 17.1. The summed E-state index contributed by atoms with van der Waals surface area (Å²) < 4.78 is 1.44. The van der Waals surface area contributed by atoms with Gasteiger partial charge in [0.1, 0.15) is 12.7 Å². The molecule has 0 spiro atoms. The van der Waals surface area contributed by atoms with Gasteiger partial charge in [0, 0.05) is 0 Å². The summed E-state index contributed by atoms with van der Waals surface area (Å²) in [6.07, 6.45) is 2.61. The van der Waals surface area contributed by atoms with Gasteiger partial charge in [-0.1, -0.05) is 42.5 Å². The standard InChI is InChI=1S/C17H13N3O4/c21-17(22)15-4-2-1-3-14(15)13-7-5-12(6-8-13)10-19-11-18-9-16(19)20(23)24/h1-9,11H,10H2,(H,21,22). The fourth-order valence-electron chi connectivity index (χ4n) is 2.50. The lowest BCUT2D eigenvalue weighted by Crippen LogP contribution is -2.03. The minimum atomic E-state index is -0.983. The van der Waals surface area contributed by atoms with Gasteiger partial charge in [-0.25, -0.2) is 14.3 Å². The molecule has 24 heavy (non-hydrogen) atoms. The number of aromatic carboxylic acids is 1. The smallest absolute Gasteiger partial charge is 0.342 e. The summed E-state index contributed by atoms with van der Waals surface area (Å²) in [4.78, 5) is 25.5. The number of nitro groups is 1. The van der Waals surface area contributed by atoms with Crippen molar-refractivity contribution < 1.29 is 14.8 Å². The molecule has 0 unspecified atom stereocenters. The highest BCUT2D eigenvalue weighted by molar-refractivity contribution is 5.95. The van der Waals surface area contributed by atoms with Crippen molar-refractivity contribution >= 4 is 11.8 Å². The van der Waals surface area contributed by atoms with Gasteiger partial charge in [-0.15, -0.1) is 0 Å². The molecule has 1 heterocycles. The second kappa shape index (κ2) is 6.33. The van der Waals surface area contributed by atoms with E-state index in [9.17, 15) is 20.0 Å². The first kappa shape index (κ1) is 15.4. The molecule has 7 nitrogen and oxygen atoms in total. The van der Waals surface area contributed by atoms with Crippen molar-refractivity contribution in [3.8, 4) is 11.1 Å². The van der Waals surface area contributed by atoms with E-state index < -0.39 is 10.9 Å². The van der Waals surface area contributed by atoms with Crippen LogP contribution in [0.1, 0.15) is 15.9 Å². The molecule has 0 amide bonds. The van der Waals surface area contributed by atoms with Crippen molar-refractivity contribution in [1.82, 2.24) is 9.55 Å². The van der Waals surface area contributed by atoms with E-state index in [-0.39, 0.29) is 11.4 Å². The Morgan fingerprint density at radius 2 is 1.88 bits per heavy atom. The van der Waals surface area contributed by atoms with Gasteiger partial charge in [-0.3, -0.25) is 0 Å². The molecule has 1 aromatic heterocycles. The topological polar surface area (TPSA) is 98.3 Å². The molecule has 0 fully saturated rings. The summed E-state index contributed by atoms with van der Waals surface area (Å²) in [7, 11) is 0. The van der Waals surface area contributed by atoms with Crippen LogP contribution in [0.15, 0.2) is 61.1 Å². The lowest BCUT2D eigenvalue weighted by molar-refractivity contribution is -0.392. The van der Waals surface area contributed by atoms with Gasteiger partial charge < -0.3 is 15.2 Å². The van der Waals surface area contributed by atoms with E-state index in [1.54, 1.807) is 36.4 Å². The maximum atomic E-state index is 11.3. The lowest BCUT2D eigenvalue weighted by Gasteiger charge is -2.07. The Hall–Kier alpha value is -3.48. The third-order valence-corrected chi connectivity index (χ3v) is 3.65. The maximum absolute atomic E-state index is 11.3. The Balaban J connectivity index is 1.88. The van der Waals surface area contributed by atoms with Crippen LogP contribution in [0, 0.1) is 10.1 Å². The fraction of sp³-hybridized carbons (Fsp3) is 0.0588. The second-order valence-electron chi connectivity index (χ2n) is 5.18. The molecule has 3 rings (SSSR count). The number of carbonyl (C=O) groups is 1. The Bertz CT molecular complexity index is 900. The molecule has 0 radical (unpaired) electrons. The molecule has 1 N–H and O–H groups in total. The number of benzene rings is 2. The van der Waals surface area contributed by atoms with Gasteiger partial charge in [0.25, 0.3) is 0 Å². The average Bonchev–Trinajstić information content (AvgIpc) is 3.04. The third-order valence-electron chi connectivity index (χ3n) is 3.65. The van der Waals surface area contributed by atoms with Gasteiger partial charge in [0.15, 0.2) is 6.33 Å². The van der Waals surface area contributed by atoms with Crippen LogP contribution in [0.3, 0.4) is 0 Å². The van der Waals surface area contributed by atoms with Crippen LogP contribution >= 0.6 is 0 Å². The van der Waals surface area contributed by atoms with E-state index in [1.165, 1.54) is 17.1 Å². The minimum absolute atomic E-state index is 0.0738. The van der Waals surface area contributed by atoms with E-state index in [1.807, 2.05) is 12.1 Å². The van der Waals surface area contributed by atoms with Crippen molar-refractivity contribution in [2.24, 2.45) is 0 Å². The van der Waals surface area contributed by atoms with Crippen LogP contribution in [-0.2, 0) is 6.54 Å². The molecule has 0 aliphatic rings. The van der Waals surface area contributed by atoms with Crippen LogP contribution in [0.25, 0.3) is 11.1 Å². The lowest BCUT2D eigenvalue weighted by atomic mass is 9.99. The Morgan fingerprint density at radius 1 is 1.17 bits per heavy atom. The van der Waals surface area contributed by atoms with E-state index in [4.69, 9.17) is 0 Å². The van der Waals surface area contributed by atoms with E-state index in [2.05, 4.69) is 4.98 Å². The molecule has 2 aromatic carbocycles. The van der Waals surface area contributed by atoms with Crippen molar-refractivity contribution in [3.63, 3.8) is 0 Å². The average molecular weight is 323 g/mol. The SMILES string of the molecule is O=C(O)c1ccccc1-c1ccc(Cn2cncc2[N+](=O)[O-])cc1. The fourth-order valence-corrected chi connectivity index (χ4v) is 2.50. The molecule has 0 aliphatic carbocycles. The first-order valence-electron chi connectivity index (χ1n) is 7.12. The van der Waals surface area contributed by atoms with Crippen molar-refractivity contribution in [3.05, 3.63) is 82.3 Å². The minimum Gasteiger partial charge on any atom is -0.478 e. The molecule has 0 saturated heterocycles. The summed E-state index contributed by atoms with van der Waals surface area (Å²) in [6.45, 7) is 0.317. The summed E-state index contributed by atoms with van der Waals surface area (Å²) >= 11 is 0. The number of carboxylic acid groups (broad SMARTS) is 1. The molecule has 0 bridgehead atoms. The number of aromatic nitrogens is 2. The van der Waals surface area contributed by atoms with Crippen LogP contribution in [0.4, 0.5) is 5.82 Å². The zero-order valence-corrected chi connectivity index (χ0v) is 12.5. The molecule has 3 aromatic rings. The van der Waals surface area contributed by atoms with Crippen molar-refractivity contribution in [2.75, 3.05) is 0 Å². The van der Waals surface area contributed by atoms with Crippen molar-refractivity contribution in [1.29, 1.82) is 0 Å². The third kappa shape index (κ3) is 3.00. The molecule has 120 valence electrons. The van der Waals surface area contributed by atoms with E-state index >= 15 is 0 Å². The van der Waals surface area contributed by atoms with Crippen LogP contribution in [0.5, 0.6) is 0 Å². The van der Waals surface area contributed by atoms with Crippen LogP contribution < -0.4 is 0 Å². The van der Waals surface area contributed by atoms with Gasteiger partial charge in [-0.05, 0) is 27.7 Å². The first-order valence-corrected chi connectivity index (χ1v) is 7.12. The summed E-state index contributed by atoms with van der Waals surface area (Å²) in [6, 6.07) is 14.0. The normalized spacial score (nSPS) is 10.5. The highest BCUT2D eigenvalue weighted by Crippen LogP contribution is 2.24. The van der Waals surface area contributed by atoms with Gasteiger partial charge in [0.2, 0.25) is 0 Å². The number of carboxylic acids is 1.